The third-order valence-corrected chi connectivity index (χ3v) is 5.06. The fourth-order valence-corrected chi connectivity index (χ4v) is 3.59. The van der Waals surface area contributed by atoms with Gasteiger partial charge in [0.15, 0.2) is 0 Å². The number of hydrogen-bond donors (Lipinski definition) is 3. The molecule has 0 heterocycles. The van der Waals surface area contributed by atoms with Gasteiger partial charge < -0.3 is 26.0 Å². The molecule has 35 heavy (non-hydrogen) atoms. The Balaban J connectivity index is 3.37. The summed E-state index contributed by atoms with van der Waals surface area (Å²) in [6.07, 6.45) is 2.19. The van der Waals surface area contributed by atoms with Crippen molar-refractivity contribution in [2.24, 2.45) is 5.73 Å². The van der Waals surface area contributed by atoms with E-state index < -0.39 is 35.6 Å². The number of rotatable bonds is 13. The monoisotopic (exact) mass is 488 g/mol. The van der Waals surface area contributed by atoms with Crippen molar-refractivity contribution >= 4 is 23.8 Å². The van der Waals surface area contributed by atoms with Crippen LogP contribution in [0.25, 0.3) is 0 Å². The van der Waals surface area contributed by atoms with Crippen molar-refractivity contribution in [3.8, 4) is 0 Å². The van der Waals surface area contributed by atoms with Gasteiger partial charge in [0.2, 0.25) is 17.7 Å². The molecule has 4 N–H and O–H groups in total. The van der Waals surface area contributed by atoms with Gasteiger partial charge in [-0.1, -0.05) is 49.8 Å². The number of primary amides is 1. The molecule has 194 valence electrons. The second kappa shape index (κ2) is 14.1. The average molecular weight is 489 g/mol. The maximum Gasteiger partial charge on any atom is 0.408 e. The fourth-order valence-electron chi connectivity index (χ4n) is 3.59. The normalized spacial score (nSPS) is 13.6. The number of benzene rings is 1. The molecule has 4 amide bonds. The molecule has 1 aromatic rings. The quantitative estimate of drug-likeness (QED) is 0.367. The van der Waals surface area contributed by atoms with Crippen molar-refractivity contribution in [2.75, 3.05) is 6.54 Å². The lowest BCUT2D eigenvalue weighted by molar-refractivity contribution is -0.142. The lowest BCUT2D eigenvalue weighted by Crippen LogP contribution is -2.53. The number of ether oxygens (including phenoxy) is 1. The topological polar surface area (TPSA) is 131 Å². The van der Waals surface area contributed by atoms with Crippen molar-refractivity contribution in [2.45, 2.75) is 84.0 Å². The van der Waals surface area contributed by atoms with Crippen LogP contribution in [0.1, 0.15) is 71.9 Å². The van der Waals surface area contributed by atoms with Crippen LogP contribution in [0.15, 0.2) is 43.0 Å². The molecule has 0 saturated heterocycles. The Bertz CT molecular complexity index is 866. The van der Waals surface area contributed by atoms with Crippen LogP contribution in [-0.4, -0.2) is 52.9 Å². The van der Waals surface area contributed by atoms with Gasteiger partial charge in [-0.2, -0.15) is 0 Å². The van der Waals surface area contributed by atoms with Gasteiger partial charge >= 0.3 is 6.09 Å². The maximum absolute atomic E-state index is 13.8. The third-order valence-electron chi connectivity index (χ3n) is 5.06. The second-order valence-electron chi connectivity index (χ2n) is 9.49. The number of carbonyl (C=O) groups is 4. The smallest absolute Gasteiger partial charge is 0.408 e. The zero-order valence-electron chi connectivity index (χ0n) is 21.5. The average Bonchev–Trinajstić information content (AvgIpc) is 2.75. The predicted molar refractivity (Wildman–Crippen MR) is 135 cm³/mol. The van der Waals surface area contributed by atoms with E-state index in [4.69, 9.17) is 10.5 Å². The Hall–Kier alpha value is -3.36. The number of nitrogens with one attached hydrogen (secondary N) is 2. The van der Waals surface area contributed by atoms with Crippen molar-refractivity contribution in [1.82, 2.24) is 15.5 Å². The molecular weight excluding hydrogens is 448 g/mol. The van der Waals surface area contributed by atoms with E-state index in [2.05, 4.69) is 17.2 Å². The highest BCUT2D eigenvalue weighted by molar-refractivity contribution is 5.92. The summed E-state index contributed by atoms with van der Waals surface area (Å²) in [6.45, 7) is 12.8. The van der Waals surface area contributed by atoms with Gasteiger partial charge in [-0.3, -0.25) is 14.4 Å². The molecule has 0 bridgehead atoms. The number of alkyl carbamates (subject to hydrolysis) is 1. The molecule has 0 fully saturated rings. The molecule has 9 heteroatoms. The van der Waals surface area contributed by atoms with Crippen molar-refractivity contribution in [3.63, 3.8) is 0 Å². The first-order valence-electron chi connectivity index (χ1n) is 11.9. The molecule has 3 unspecified atom stereocenters. The molecular formula is C26H40N4O5. The number of carbonyl (C=O) groups excluding carboxylic acids is 4. The van der Waals surface area contributed by atoms with Gasteiger partial charge in [0.05, 0.1) is 0 Å². The molecule has 0 aliphatic heterocycles. The standard InChI is InChI=1S/C26H40N4O5/c1-7-12-18(3)28-23(32)22(19-13-10-9-11-14-19)30(17-8-2)24(33)20(15-16-21(27)31)29-25(34)35-26(4,5)6/h8-11,13-14,18,20,22H,2,7,12,15-17H2,1,3-6H3,(H2,27,31)(H,28,32)(H,29,34). The molecule has 0 aliphatic rings. The number of nitrogens with two attached hydrogens (primary N) is 1. The van der Waals surface area contributed by atoms with Gasteiger partial charge in [-0.25, -0.2) is 4.79 Å². The number of hydrogen-bond acceptors (Lipinski definition) is 5. The largest absolute Gasteiger partial charge is 0.444 e. The summed E-state index contributed by atoms with van der Waals surface area (Å²) in [5.41, 5.74) is 5.12. The Labute approximate surface area is 208 Å². The lowest BCUT2D eigenvalue weighted by atomic mass is 10.0. The third kappa shape index (κ3) is 10.6. The Morgan fingerprint density at radius 2 is 1.74 bits per heavy atom. The molecule has 0 spiro atoms. The van der Waals surface area contributed by atoms with E-state index in [9.17, 15) is 19.2 Å². The summed E-state index contributed by atoms with van der Waals surface area (Å²) in [5, 5.41) is 5.53. The van der Waals surface area contributed by atoms with Crippen molar-refractivity contribution < 1.29 is 23.9 Å². The second-order valence-corrected chi connectivity index (χ2v) is 9.49. The molecule has 0 radical (unpaired) electrons. The van der Waals surface area contributed by atoms with Crippen LogP contribution in [0.4, 0.5) is 4.79 Å². The van der Waals surface area contributed by atoms with Crippen molar-refractivity contribution in [1.29, 1.82) is 0 Å². The highest BCUT2D eigenvalue weighted by Gasteiger charge is 2.36. The van der Waals surface area contributed by atoms with Crippen LogP contribution in [0.5, 0.6) is 0 Å². The van der Waals surface area contributed by atoms with Crippen LogP contribution in [-0.2, 0) is 19.1 Å². The van der Waals surface area contributed by atoms with Gasteiger partial charge in [-0.15, -0.1) is 6.58 Å². The van der Waals surface area contributed by atoms with Crippen LogP contribution in [0.2, 0.25) is 0 Å². The molecule has 1 aromatic carbocycles. The highest BCUT2D eigenvalue weighted by Crippen LogP contribution is 2.24. The summed E-state index contributed by atoms with van der Waals surface area (Å²) in [4.78, 5) is 52.4. The zero-order chi connectivity index (χ0) is 26.6. The van der Waals surface area contributed by atoms with E-state index in [0.29, 0.717) is 5.56 Å². The first-order valence-corrected chi connectivity index (χ1v) is 11.9. The predicted octanol–water partition coefficient (Wildman–Crippen LogP) is 3.21. The van der Waals surface area contributed by atoms with E-state index in [1.54, 1.807) is 45.0 Å². The number of amides is 4. The Morgan fingerprint density at radius 1 is 1.11 bits per heavy atom. The summed E-state index contributed by atoms with van der Waals surface area (Å²) in [7, 11) is 0. The van der Waals surface area contributed by atoms with Crippen LogP contribution in [0, 0.1) is 0 Å². The fraction of sp³-hybridized carbons (Fsp3) is 0.538. The van der Waals surface area contributed by atoms with Gasteiger partial charge in [0, 0.05) is 19.0 Å². The maximum atomic E-state index is 13.8. The Kier molecular flexibility index (Phi) is 12.0. The van der Waals surface area contributed by atoms with Crippen molar-refractivity contribution in [3.05, 3.63) is 48.6 Å². The minimum absolute atomic E-state index is 0.0387. The molecule has 9 nitrogen and oxygen atoms in total. The van der Waals surface area contributed by atoms with E-state index in [1.165, 1.54) is 11.0 Å². The summed E-state index contributed by atoms with van der Waals surface area (Å²) < 4.78 is 5.30. The van der Waals surface area contributed by atoms with E-state index in [0.717, 1.165) is 12.8 Å². The number of nitrogens with zero attached hydrogens (tertiary/aromatic N) is 1. The summed E-state index contributed by atoms with van der Waals surface area (Å²) in [5.74, 6) is -1.52. The molecule has 1 rings (SSSR count). The molecule has 0 saturated carbocycles. The van der Waals surface area contributed by atoms with Gasteiger partial charge in [0.25, 0.3) is 0 Å². The van der Waals surface area contributed by atoms with Gasteiger partial charge in [0.1, 0.15) is 17.7 Å². The summed E-state index contributed by atoms with van der Waals surface area (Å²) >= 11 is 0. The lowest BCUT2D eigenvalue weighted by Gasteiger charge is -2.34. The zero-order valence-corrected chi connectivity index (χ0v) is 21.5. The highest BCUT2D eigenvalue weighted by atomic mass is 16.6. The minimum atomic E-state index is -1.13. The minimum Gasteiger partial charge on any atom is -0.444 e. The first kappa shape index (κ1) is 29.7. The Morgan fingerprint density at radius 3 is 2.26 bits per heavy atom. The molecule has 0 aromatic heterocycles. The van der Waals surface area contributed by atoms with Crippen LogP contribution >= 0.6 is 0 Å². The first-order chi connectivity index (χ1) is 16.4. The van der Waals surface area contributed by atoms with Crippen LogP contribution < -0.4 is 16.4 Å². The SMILES string of the molecule is C=CCN(C(=O)C(CCC(N)=O)NC(=O)OC(C)(C)C)C(C(=O)NC(C)CCC)c1ccccc1. The van der Waals surface area contributed by atoms with E-state index in [1.807, 2.05) is 19.9 Å². The molecule has 3 atom stereocenters. The van der Waals surface area contributed by atoms with Gasteiger partial charge in [-0.05, 0) is 46.1 Å². The van der Waals surface area contributed by atoms with E-state index >= 15 is 0 Å². The van der Waals surface area contributed by atoms with Crippen LogP contribution in [0.3, 0.4) is 0 Å². The molecule has 0 aliphatic carbocycles. The van der Waals surface area contributed by atoms with E-state index in [-0.39, 0.29) is 31.3 Å². The summed E-state index contributed by atoms with van der Waals surface area (Å²) in [6, 6.07) is 6.70.